The van der Waals surface area contributed by atoms with Gasteiger partial charge in [0.2, 0.25) is 0 Å². The fourth-order valence-corrected chi connectivity index (χ4v) is 1.94. The molecule has 2 heterocycles. The van der Waals surface area contributed by atoms with Gasteiger partial charge >= 0.3 is 0 Å². The fourth-order valence-electron chi connectivity index (χ4n) is 1.94. The molecule has 1 N–H and O–H groups in total. The van der Waals surface area contributed by atoms with E-state index in [1.54, 1.807) is 5.57 Å². The molecule has 0 saturated heterocycles. The minimum absolute atomic E-state index is 1.15. The van der Waals surface area contributed by atoms with E-state index in [9.17, 15) is 0 Å². The number of hydrogen-bond donors (Lipinski definition) is 1. The molecule has 0 aromatic rings. The second-order valence-corrected chi connectivity index (χ2v) is 3.60. The number of hydrogen-bond acceptors (Lipinski definition) is 2. The highest BCUT2D eigenvalue weighted by molar-refractivity contribution is 5.19. The van der Waals surface area contributed by atoms with E-state index in [-0.39, 0.29) is 0 Å². The van der Waals surface area contributed by atoms with Gasteiger partial charge in [0.05, 0.1) is 0 Å². The van der Waals surface area contributed by atoms with Gasteiger partial charge in [-0.25, -0.2) is 0 Å². The predicted octanol–water partition coefficient (Wildman–Crippen LogP) is 0.959. The summed E-state index contributed by atoms with van der Waals surface area (Å²) >= 11 is 0. The summed E-state index contributed by atoms with van der Waals surface area (Å²) in [6, 6.07) is 0. The third kappa shape index (κ3) is 1.41. The summed E-state index contributed by atoms with van der Waals surface area (Å²) < 4.78 is 0. The van der Waals surface area contributed by atoms with E-state index in [4.69, 9.17) is 0 Å². The van der Waals surface area contributed by atoms with Gasteiger partial charge in [-0.05, 0) is 31.9 Å². The highest BCUT2D eigenvalue weighted by atomic mass is 15.1. The van der Waals surface area contributed by atoms with Gasteiger partial charge in [-0.15, -0.1) is 0 Å². The van der Waals surface area contributed by atoms with Crippen LogP contribution >= 0.6 is 0 Å². The maximum atomic E-state index is 3.49. The summed E-state index contributed by atoms with van der Waals surface area (Å²) in [5, 5.41) is 3.49. The molecule has 62 valence electrons. The van der Waals surface area contributed by atoms with Crippen molar-refractivity contribution in [2.24, 2.45) is 0 Å². The zero-order valence-corrected chi connectivity index (χ0v) is 7.19. The van der Waals surface area contributed by atoms with Crippen LogP contribution in [0.4, 0.5) is 0 Å². The Morgan fingerprint density at radius 3 is 3.18 bits per heavy atom. The van der Waals surface area contributed by atoms with Crippen LogP contribution in [0.1, 0.15) is 19.3 Å². The first-order chi connectivity index (χ1) is 5.36. The molecule has 0 radical (unpaired) electrons. The molecule has 0 aliphatic carbocycles. The number of likely N-dealkylation sites (N-methyl/N-ethyl adjacent to an activating group) is 1. The van der Waals surface area contributed by atoms with E-state index in [0.717, 1.165) is 6.54 Å². The van der Waals surface area contributed by atoms with Gasteiger partial charge in [-0.3, -0.25) is 0 Å². The molecule has 2 rings (SSSR count). The molecule has 2 nitrogen and oxygen atoms in total. The highest BCUT2D eigenvalue weighted by Gasteiger charge is 2.17. The summed E-state index contributed by atoms with van der Waals surface area (Å²) in [7, 11) is 2.19. The molecule has 0 atom stereocenters. The lowest BCUT2D eigenvalue weighted by Gasteiger charge is -2.31. The van der Waals surface area contributed by atoms with Gasteiger partial charge in [0.25, 0.3) is 0 Å². The molecule has 0 saturated carbocycles. The lowest BCUT2D eigenvalue weighted by Crippen LogP contribution is -2.36. The first-order valence-electron chi connectivity index (χ1n) is 4.49. The first-order valence-corrected chi connectivity index (χ1v) is 4.49. The normalized spacial score (nSPS) is 26.3. The molecule has 11 heavy (non-hydrogen) atoms. The largest absolute Gasteiger partial charge is 0.387 e. The maximum Gasteiger partial charge on any atom is 0.0378 e. The molecular formula is C9H16N2. The zero-order valence-electron chi connectivity index (χ0n) is 7.19. The van der Waals surface area contributed by atoms with Crippen LogP contribution in [-0.4, -0.2) is 31.6 Å². The van der Waals surface area contributed by atoms with Gasteiger partial charge in [-0.2, -0.15) is 0 Å². The Morgan fingerprint density at radius 2 is 2.27 bits per heavy atom. The Kier molecular flexibility index (Phi) is 1.86. The number of nitrogens with one attached hydrogen (secondary N) is 1. The van der Waals surface area contributed by atoms with Crippen molar-refractivity contribution in [3.63, 3.8) is 0 Å². The van der Waals surface area contributed by atoms with E-state index in [1.807, 2.05) is 0 Å². The molecule has 0 unspecified atom stereocenters. The van der Waals surface area contributed by atoms with Gasteiger partial charge in [0, 0.05) is 25.3 Å². The lowest BCUT2D eigenvalue weighted by atomic mass is 9.97. The van der Waals surface area contributed by atoms with Gasteiger partial charge in [0.1, 0.15) is 0 Å². The quantitative estimate of drug-likeness (QED) is 0.556. The molecular weight excluding hydrogens is 136 g/mol. The van der Waals surface area contributed by atoms with E-state index >= 15 is 0 Å². The molecule has 0 aromatic heterocycles. The Hall–Kier alpha value is -0.500. The van der Waals surface area contributed by atoms with E-state index in [0.29, 0.717) is 0 Å². The lowest BCUT2D eigenvalue weighted by molar-refractivity contribution is 0.326. The molecule has 0 fully saturated rings. The Morgan fingerprint density at radius 1 is 1.36 bits per heavy atom. The maximum absolute atomic E-state index is 3.49. The topological polar surface area (TPSA) is 15.3 Å². The van der Waals surface area contributed by atoms with Crippen LogP contribution in [-0.2, 0) is 0 Å². The minimum Gasteiger partial charge on any atom is -0.387 e. The molecule has 2 aliphatic heterocycles. The van der Waals surface area contributed by atoms with Crippen molar-refractivity contribution >= 4 is 0 Å². The fraction of sp³-hybridized carbons (Fsp3) is 0.778. The zero-order chi connectivity index (χ0) is 7.68. The van der Waals surface area contributed by atoms with E-state index in [1.165, 1.54) is 38.0 Å². The van der Waals surface area contributed by atoms with Crippen LogP contribution in [0.3, 0.4) is 0 Å². The summed E-state index contributed by atoms with van der Waals surface area (Å²) in [6.07, 6.45) is 3.97. The molecule has 0 spiro atoms. The molecule has 2 heteroatoms. The third-order valence-electron chi connectivity index (χ3n) is 2.64. The summed E-state index contributed by atoms with van der Waals surface area (Å²) in [6.45, 7) is 3.59. The highest BCUT2D eigenvalue weighted by Crippen LogP contribution is 2.22. The van der Waals surface area contributed by atoms with Crippen LogP contribution < -0.4 is 5.32 Å². The first kappa shape index (κ1) is 7.17. The molecule has 2 aliphatic rings. The Balaban J connectivity index is 2.12. The molecule has 0 bridgehead atoms. The molecule has 0 amide bonds. The third-order valence-corrected chi connectivity index (χ3v) is 2.64. The van der Waals surface area contributed by atoms with Crippen LogP contribution in [0.5, 0.6) is 0 Å². The van der Waals surface area contributed by atoms with Gasteiger partial charge in [0.15, 0.2) is 0 Å². The van der Waals surface area contributed by atoms with Crippen LogP contribution in [0.15, 0.2) is 11.3 Å². The van der Waals surface area contributed by atoms with Gasteiger partial charge in [-0.1, -0.05) is 0 Å². The standard InChI is InChI=1S/C9H16N2/c1-11-6-4-8-3-2-5-10-9(8)7-11/h10H,2-7H2,1H3. The van der Waals surface area contributed by atoms with Crippen LogP contribution in [0.25, 0.3) is 0 Å². The average Bonchev–Trinajstić information content (AvgIpc) is 2.04. The second-order valence-electron chi connectivity index (χ2n) is 3.60. The van der Waals surface area contributed by atoms with Crippen molar-refractivity contribution in [2.45, 2.75) is 19.3 Å². The average molecular weight is 152 g/mol. The Bertz CT molecular complexity index is 184. The van der Waals surface area contributed by atoms with Crippen molar-refractivity contribution in [1.82, 2.24) is 10.2 Å². The SMILES string of the molecule is CN1CCC2=C(C1)NCCC2. The number of rotatable bonds is 0. The summed E-state index contributed by atoms with van der Waals surface area (Å²) in [5.74, 6) is 0. The number of nitrogens with zero attached hydrogens (tertiary/aromatic N) is 1. The van der Waals surface area contributed by atoms with E-state index < -0.39 is 0 Å². The van der Waals surface area contributed by atoms with Crippen molar-refractivity contribution < 1.29 is 0 Å². The monoisotopic (exact) mass is 152 g/mol. The van der Waals surface area contributed by atoms with Gasteiger partial charge < -0.3 is 10.2 Å². The minimum atomic E-state index is 1.15. The van der Waals surface area contributed by atoms with E-state index in [2.05, 4.69) is 17.3 Å². The van der Waals surface area contributed by atoms with Crippen molar-refractivity contribution in [1.29, 1.82) is 0 Å². The van der Waals surface area contributed by atoms with Crippen LogP contribution in [0.2, 0.25) is 0 Å². The van der Waals surface area contributed by atoms with Crippen molar-refractivity contribution in [3.05, 3.63) is 11.3 Å². The molecule has 0 aromatic carbocycles. The predicted molar refractivity (Wildman–Crippen MR) is 46.4 cm³/mol. The Labute approximate surface area is 68.3 Å². The van der Waals surface area contributed by atoms with Crippen molar-refractivity contribution in [2.75, 3.05) is 26.7 Å². The van der Waals surface area contributed by atoms with Crippen LogP contribution in [0, 0.1) is 0 Å². The van der Waals surface area contributed by atoms with Crippen molar-refractivity contribution in [3.8, 4) is 0 Å². The summed E-state index contributed by atoms with van der Waals surface area (Å²) in [5.41, 5.74) is 3.21. The smallest absolute Gasteiger partial charge is 0.0378 e. The second kappa shape index (κ2) is 2.86. The summed E-state index contributed by atoms with van der Waals surface area (Å²) in [4.78, 5) is 2.39.